The lowest BCUT2D eigenvalue weighted by molar-refractivity contribution is 0.307. The maximum atomic E-state index is 12.8. The van der Waals surface area contributed by atoms with Crippen molar-refractivity contribution >= 4 is 28.3 Å². The lowest BCUT2D eigenvalue weighted by Crippen LogP contribution is -1.99. The van der Waals surface area contributed by atoms with Crippen molar-refractivity contribution in [2.24, 2.45) is 0 Å². The third-order valence-corrected chi connectivity index (χ3v) is 3.00. The molecule has 0 radical (unpaired) electrons. The predicted octanol–water partition coefficient (Wildman–Crippen LogP) is 3.59. The molecule has 0 aliphatic heterocycles. The van der Waals surface area contributed by atoms with Gasteiger partial charge in [-0.15, -0.1) is 0 Å². The van der Waals surface area contributed by atoms with Gasteiger partial charge in [-0.25, -0.2) is 4.39 Å². The molecule has 0 saturated heterocycles. The molecular formula is C13H11FINO. The standard InChI is InChI=1S/C13H11FINO/c14-10-3-6-13(12(16)7-10)17-8-9-1-4-11(15)5-2-9/h1-7H,8,16H2. The van der Waals surface area contributed by atoms with Gasteiger partial charge in [0.05, 0.1) is 5.69 Å². The van der Waals surface area contributed by atoms with E-state index in [4.69, 9.17) is 10.5 Å². The Balaban J connectivity index is 2.04. The molecule has 0 aliphatic rings. The van der Waals surface area contributed by atoms with E-state index < -0.39 is 0 Å². The highest BCUT2D eigenvalue weighted by Gasteiger charge is 2.02. The SMILES string of the molecule is Nc1cc(F)ccc1OCc1ccc(I)cc1. The number of nitrogens with two attached hydrogens (primary N) is 1. The van der Waals surface area contributed by atoms with E-state index in [0.29, 0.717) is 18.0 Å². The Labute approximate surface area is 113 Å². The minimum absolute atomic E-state index is 0.315. The van der Waals surface area contributed by atoms with E-state index in [9.17, 15) is 4.39 Å². The van der Waals surface area contributed by atoms with Crippen LogP contribution in [0.2, 0.25) is 0 Å². The summed E-state index contributed by atoms with van der Waals surface area (Å²) in [6.45, 7) is 0.423. The molecule has 2 N–H and O–H groups in total. The summed E-state index contributed by atoms with van der Waals surface area (Å²) >= 11 is 2.24. The summed E-state index contributed by atoms with van der Waals surface area (Å²) < 4.78 is 19.5. The molecule has 2 rings (SSSR count). The minimum atomic E-state index is -0.357. The maximum Gasteiger partial charge on any atom is 0.142 e. The van der Waals surface area contributed by atoms with Crippen LogP contribution >= 0.6 is 22.6 Å². The molecule has 0 spiro atoms. The van der Waals surface area contributed by atoms with E-state index in [1.54, 1.807) is 0 Å². The number of nitrogen functional groups attached to an aromatic ring is 1. The summed E-state index contributed by atoms with van der Waals surface area (Å²) in [6.07, 6.45) is 0. The number of hydrogen-bond acceptors (Lipinski definition) is 2. The summed E-state index contributed by atoms with van der Waals surface area (Å²) in [7, 11) is 0. The van der Waals surface area contributed by atoms with Crippen LogP contribution in [0.5, 0.6) is 5.75 Å². The third-order valence-electron chi connectivity index (χ3n) is 2.28. The van der Waals surface area contributed by atoms with Crippen molar-refractivity contribution in [1.82, 2.24) is 0 Å². The van der Waals surface area contributed by atoms with Gasteiger partial charge in [0.15, 0.2) is 0 Å². The van der Waals surface area contributed by atoms with Gasteiger partial charge in [-0.2, -0.15) is 0 Å². The number of rotatable bonds is 3. The van der Waals surface area contributed by atoms with Crippen LogP contribution in [0.1, 0.15) is 5.56 Å². The second-order valence-corrected chi connectivity index (χ2v) is 4.84. The molecule has 0 amide bonds. The largest absolute Gasteiger partial charge is 0.487 e. The van der Waals surface area contributed by atoms with Gasteiger partial charge in [-0.3, -0.25) is 0 Å². The lowest BCUT2D eigenvalue weighted by Gasteiger charge is -2.08. The molecular weight excluding hydrogens is 332 g/mol. The van der Waals surface area contributed by atoms with E-state index in [2.05, 4.69) is 22.6 Å². The van der Waals surface area contributed by atoms with Crippen molar-refractivity contribution in [3.05, 3.63) is 57.4 Å². The number of benzene rings is 2. The molecule has 0 aliphatic carbocycles. The van der Waals surface area contributed by atoms with Crippen LogP contribution in [-0.4, -0.2) is 0 Å². The van der Waals surface area contributed by atoms with E-state index >= 15 is 0 Å². The quantitative estimate of drug-likeness (QED) is 0.683. The molecule has 4 heteroatoms. The Morgan fingerprint density at radius 2 is 1.82 bits per heavy atom. The van der Waals surface area contributed by atoms with Gasteiger partial charge in [0.25, 0.3) is 0 Å². The first-order chi connectivity index (χ1) is 8.15. The van der Waals surface area contributed by atoms with Crippen LogP contribution < -0.4 is 10.5 Å². The molecule has 0 atom stereocenters. The van der Waals surface area contributed by atoms with Gasteiger partial charge < -0.3 is 10.5 Å². The first-order valence-electron chi connectivity index (χ1n) is 5.07. The highest BCUT2D eigenvalue weighted by atomic mass is 127. The first kappa shape index (κ1) is 12.2. The predicted molar refractivity (Wildman–Crippen MR) is 74.3 cm³/mol. The Kier molecular flexibility index (Phi) is 3.83. The Morgan fingerprint density at radius 3 is 2.47 bits per heavy atom. The van der Waals surface area contributed by atoms with Crippen molar-refractivity contribution < 1.29 is 9.13 Å². The highest BCUT2D eigenvalue weighted by molar-refractivity contribution is 14.1. The van der Waals surface area contributed by atoms with E-state index in [1.807, 2.05) is 24.3 Å². The number of anilines is 1. The number of hydrogen-bond donors (Lipinski definition) is 1. The average molecular weight is 343 g/mol. The van der Waals surface area contributed by atoms with E-state index in [0.717, 1.165) is 5.56 Å². The van der Waals surface area contributed by atoms with Crippen LogP contribution in [-0.2, 0) is 6.61 Å². The number of ether oxygens (including phenoxy) is 1. The molecule has 2 aromatic rings. The van der Waals surface area contributed by atoms with Gasteiger partial charge in [-0.05, 0) is 52.4 Å². The Morgan fingerprint density at radius 1 is 1.12 bits per heavy atom. The summed E-state index contributed by atoms with van der Waals surface area (Å²) in [5.41, 5.74) is 7.01. The Bertz CT molecular complexity index is 513. The molecule has 2 nitrogen and oxygen atoms in total. The van der Waals surface area contributed by atoms with Crippen molar-refractivity contribution in [3.63, 3.8) is 0 Å². The van der Waals surface area contributed by atoms with Gasteiger partial charge in [0.1, 0.15) is 18.2 Å². The molecule has 0 heterocycles. The van der Waals surface area contributed by atoms with Gasteiger partial charge in [0, 0.05) is 9.64 Å². The topological polar surface area (TPSA) is 35.2 Å². The van der Waals surface area contributed by atoms with Crippen molar-refractivity contribution in [2.45, 2.75) is 6.61 Å². The minimum Gasteiger partial charge on any atom is -0.487 e. The van der Waals surface area contributed by atoms with Crippen LogP contribution in [0.4, 0.5) is 10.1 Å². The normalized spacial score (nSPS) is 10.2. The second-order valence-electron chi connectivity index (χ2n) is 3.60. The molecule has 0 unspecified atom stereocenters. The lowest BCUT2D eigenvalue weighted by atomic mass is 10.2. The second kappa shape index (κ2) is 5.35. The van der Waals surface area contributed by atoms with Crippen molar-refractivity contribution in [2.75, 3.05) is 5.73 Å². The summed E-state index contributed by atoms with van der Waals surface area (Å²) in [5.74, 6) is 0.147. The third kappa shape index (κ3) is 3.33. The zero-order valence-electron chi connectivity index (χ0n) is 8.99. The molecule has 0 saturated carbocycles. The molecule has 17 heavy (non-hydrogen) atoms. The molecule has 0 aromatic heterocycles. The summed E-state index contributed by atoms with van der Waals surface area (Å²) in [6, 6.07) is 12.1. The molecule has 0 fully saturated rings. The Hall–Kier alpha value is -1.30. The molecule has 88 valence electrons. The summed E-state index contributed by atoms with van der Waals surface area (Å²) in [4.78, 5) is 0. The fourth-order valence-electron chi connectivity index (χ4n) is 1.39. The number of halogens is 2. The van der Waals surface area contributed by atoms with Gasteiger partial charge in [-0.1, -0.05) is 12.1 Å². The molecule has 0 bridgehead atoms. The van der Waals surface area contributed by atoms with Crippen molar-refractivity contribution in [1.29, 1.82) is 0 Å². The van der Waals surface area contributed by atoms with Crippen LogP contribution in [0.3, 0.4) is 0 Å². The van der Waals surface area contributed by atoms with Crippen LogP contribution in [0.25, 0.3) is 0 Å². The van der Waals surface area contributed by atoms with E-state index in [1.165, 1.54) is 21.8 Å². The average Bonchev–Trinajstić information content (AvgIpc) is 2.30. The van der Waals surface area contributed by atoms with Gasteiger partial charge >= 0.3 is 0 Å². The smallest absolute Gasteiger partial charge is 0.142 e. The maximum absolute atomic E-state index is 12.8. The zero-order valence-corrected chi connectivity index (χ0v) is 11.1. The van der Waals surface area contributed by atoms with E-state index in [-0.39, 0.29) is 5.82 Å². The fraction of sp³-hybridized carbons (Fsp3) is 0.0769. The highest BCUT2D eigenvalue weighted by Crippen LogP contribution is 2.22. The monoisotopic (exact) mass is 343 g/mol. The fourth-order valence-corrected chi connectivity index (χ4v) is 1.75. The van der Waals surface area contributed by atoms with Crippen LogP contribution in [0.15, 0.2) is 42.5 Å². The zero-order chi connectivity index (χ0) is 12.3. The van der Waals surface area contributed by atoms with Gasteiger partial charge in [0.2, 0.25) is 0 Å². The molecule has 2 aromatic carbocycles. The van der Waals surface area contributed by atoms with Crippen molar-refractivity contribution in [3.8, 4) is 5.75 Å². The first-order valence-corrected chi connectivity index (χ1v) is 6.15. The van der Waals surface area contributed by atoms with Crippen LogP contribution in [0, 0.1) is 9.39 Å². The summed E-state index contributed by atoms with van der Waals surface area (Å²) in [5, 5.41) is 0.